The van der Waals surface area contributed by atoms with Crippen LogP contribution in [0.4, 0.5) is 0 Å². The first kappa shape index (κ1) is 82.1. The number of rotatable bonds is 65. The number of hydrogen-bond acceptors (Lipinski definition) is 15. The Labute approximate surface area is 511 Å². The molecule has 0 heterocycles. The van der Waals surface area contributed by atoms with Gasteiger partial charge in [-0.1, -0.05) is 279 Å². The molecule has 0 saturated carbocycles. The maximum absolute atomic E-state index is 13.0. The molecule has 0 aromatic rings. The molecule has 0 aliphatic rings. The Kier molecular flexibility index (Phi) is 57.4. The van der Waals surface area contributed by atoms with Gasteiger partial charge in [0, 0.05) is 25.7 Å². The normalized spacial score (nSPS) is 14.2. The fourth-order valence-electron chi connectivity index (χ4n) is 9.76. The van der Waals surface area contributed by atoms with Crippen LogP contribution in [0.2, 0.25) is 0 Å². The molecule has 0 spiro atoms. The number of phosphoric ester groups is 2. The zero-order chi connectivity index (χ0) is 62.0. The maximum atomic E-state index is 13.0. The molecule has 0 amide bonds. The van der Waals surface area contributed by atoms with Gasteiger partial charge in [-0.2, -0.15) is 0 Å². The summed E-state index contributed by atoms with van der Waals surface area (Å²) in [5.74, 6) is -1.47. The summed E-state index contributed by atoms with van der Waals surface area (Å²) in [4.78, 5) is 72.2. The number of carbonyl (C=O) groups is 4. The number of aliphatic hydroxyl groups excluding tert-OH is 1. The molecule has 0 fully saturated rings. The van der Waals surface area contributed by atoms with Gasteiger partial charge in [0.25, 0.3) is 0 Å². The molecule has 3 N–H and O–H groups in total. The first-order valence-corrected chi connectivity index (χ1v) is 37.1. The zero-order valence-corrected chi connectivity index (χ0v) is 55.8. The Bertz CT molecular complexity index is 1640. The van der Waals surface area contributed by atoms with Crippen molar-refractivity contribution in [2.24, 2.45) is 5.92 Å². The van der Waals surface area contributed by atoms with Crippen molar-refractivity contribution in [1.82, 2.24) is 0 Å². The molecule has 0 aromatic heterocycles. The highest BCUT2D eigenvalue weighted by molar-refractivity contribution is 7.47. The third-order valence-corrected chi connectivity index (χ3v) is 16.9. The van der Waals surface area contributed by atoms with Gasteiger partial charge in [0.15, 0.2) is 12.2 Å². The second kappa shape index (κ2) is 58.7. The topological polar surface area (TPSA) is 237 Å². The van der Waals surface area contributed by atoms with Crippen LogP contribution in [0, 0.1) is 5.92 Å². The van der Waals surface area contributed by atoms with Crippen molar-refractivity contribution in [2.45, 2.75) is 348 Å². The Morgan fingerprint density at radius 2 is 0.548 bits per heavy atom. The van der Waals surface area contributed by atoms with Gasteiger partial charge in [-0.25, -0.2) is 9.13 Å². The number of aliphatic hydroxyl groups is 1. The Hall–Kier alpha value is -1.94. The van der Waals surface area contributed by atoms with Crippen molar-refractivity contribution in [1.29, 1.82) is 0 Å². The standard InChI is InChI=1S/C65H126O17P2/c1-6-9-12-15-18-21-23-25-27-29-31-34-40-45-50-64(69)81-60(54-76-63(68)49-44-39-33-30-28-26-24-22-19-16-13-10-7-2)56-79-83(71,72)77-52-59(66)53-78-84(73,74)80-57-61(55-75-62(67)48-43-38-32-20-17-14-11-8-3)82-65(70)51-46-41-36-35-37-42-47-58(4)5/h58-61,66H,6-57H2,1-5H3,(H,71,72)(H,73,74)/t59-,60-,61-/m1/s1. The van der Waals surface area contributed by atoms with Crippen LogP contribution in [0.15, 0.2) is 0 Å². The van der Waals surface area contributed by atoms with Gasteiger partial charge in [-0.15, -0.1) is 0 Å². The molecular formula is C65H126O17P2. The molecule has 0 aliphatic heterocycles. The number of esters is 4. The van der Waals surface area contributed by atoms with Crippen LogP contribution < -0.4 is 0 Å². The average molecular weight is 1240 g/mol. The van der Waals surface area contributed by atoms with Crippen LogP contribution in [0.3, 0.4) is 0 Å². The molecule has 17 nitrogen and oxygen atoms in total. The van der Waals surface area contributed by atoms with Gasteiger partial charge in [0.05, 0.1) is 26.4 Å². The van der Waals surface area contributed by atoms with Crippen LogP contribution in [0.1, 0.15) is 330 Å². The lowest BCUT2D eigenvalue weighted by Crippen LogP contribution is -2.30. The van der Waals surface area contributed by atoms with E-state index in [1.165, 1.54) is 148 Å². The second-order valence-electron chi connectivity index (χ2n) is 24.0. The van der Waals surface area contributed by atoms with Crippen molar-refractivity contribution in [2.75, 3.05) is 39.6 Å². The quantitative estimate of drug-likeness (QED) is 0.0222. The van der Waals surface area contributed by atoms with E-state index in [0.717, 1.165) is 96.3 Å². The fraction of sp³-hybridized carbons (Fsp3) is 0.938. The largest absolute Gasteiger partial charge is 0.472 e. The van der Waals surface area contributed by atoms with Gasteiger partial charge in [0.2, 0.25) is 0 Å². The molecular weight excluding hydrogens is 1110 g/mol. The summed E-state index contributed by atoms with van der Waals surface area (Å²) in [7, 11) is -9.88. The predicted octanol–water partition coefficient (Wildman–Crippen LogP) is 18.2. The molecule has 0 aliphatic carbocycles. The summed E-state index contributed by atoms with van der Waals surface area (Å²) >= 11 is 0. The molecule has 84 heavy (non-hydrogen) atoms. The minimum Gasteiger partial charge on any atom is -0.462 e. The molecule has 2 unspecified atom stereocenters. The maximum Gasteiger partial charge on any atom is 0.472 e. The number of phosphoric acid groups is 2. The Morgan fingerprint density at radius 3 is 0.810 bits per heavy atom. The number of ether oxygens (including phenoxy) is 4. The zero-order valence-electron chi connectivity index (χ0n) is 54.0. The van der Waals surface area contributed by atoms with E-state index in [9.17, 15) is 43.2 Å². The fourth-order valence-corrected chi connectivity index (χ4v) is 11.3. The molecule has 0 aromatic carbocycles. The summed E-state index contributed by atoms with van der Waals surface area (Å²) in [5, 5.41) is 10.5. The molecule has 0 rings (SSSR count). The van der Waals surface area contributed by atoms with Gasteiger partial charge < -0.3 is 33.8 Å². The van der Waals surface area contributed by atoms with Crippen LogP contribution >= 0.6 is 15.6 Å². The summed E-state index contributed by atoms with van der Waals surface area (Å²) in [6.45, 7) is 7.09. The van der Waals surface area contributed by atoms with E-state index in [1.807, 2.05) is 0 Å². The van der Waals surface area contributed by atoms with E-state index in [1.54, 1.807) is 0 Å². The highest BCUT2D eigenvalue weighted by Gasteiger charge is 2.30. The van der Waals surface area contributed by atoms with Gasteiger partial charge in [0.1, 0.15) is 19.3 Å². The van der Waals surface area contributed by atoms with Gasteiger partial charge in [-0.05, 0) is 31.6 Å². The minimum atomic E-state index is -4.94. The summed E-state index contributed by atoms with van der Waals surface area (Å²) < 4.78 is 68.0. The smallest absolute Gasteiger partial charge is 0.462 e. The Balaban J connectivity index is 5.22. The number of carbonyl (C=O) groups excluding carboxylic acids is 4. The van der Waals surface area contributed by atoms with E-state index in [0.29, 0.717) is 31.6 Å². The summed E-state index contributed by atoms with van der Waals surface area (Å²) in [5.41, 5.74) is 0. The lowest BCUT2D eigenvalue weighted by Gasteiger charge is -2.21. The summed E-state index contributed by atoms with van der Waals surface area (Å²) in [6, 6.07) is 0. The molecule has 0 bridgehead atoms. The first-order chi connectivity index (χ1) is 40.5. The van der Waals surface area contributed by atoms with E-state index in [2.05, 4.69) is 34.6 Å². The van der Waals surface area contributed by atoms with Crippen molar-refractivity contribution >= 4 is 39.5 Å². The SMILES string of the molecule is CCCCCCCCCCCCCCCCC(=O)O[C@H](COC(=O)CCCCCCCCCCCCCCC)COP(=O)(O)OC[C@@H](O)COP(=O)(O)OC[C@@H](COC(=O)CCCCCCCCCC)OC(=O)CCCCCCCCC(C)C. The molecule has 498 valence electrons. The molecule has 0 saturated heterocycles. The van der Waals surface area contributed by atoms with Crippen LogP contribution in [0.25, 0.3) is 0 Å². The highest BCUT2D eigenvalue weighted by Crippen LogP contribution is 2.45. The van der Waals surface area contributed by atoms with Gasteiger partial charge in [-0.3, -0.25) is 37.3 Å². The minimum absolute atomic E-state index is 0.102. The second-order valence-corrected chi connectivity index (χ2v) is 26.9. The predicted molar refractivity (Wildman–Crippen MR) is 335 cm³/mol. The van der Waals surface area contributed by atoms with E-state index >= 15 is 0 Å². The van der Waals surface area contributed by atoms with Crippen molar-refractivity contribution < 1.29 is 80.2 Å². The van der Waals surface area contributed by atoms with E-state index in [4.69, 9.17) is 37.0 Å². The van der Waals surface area contributed by atoms with Crippen molar-refractivity contribution in [3.8, 4) is 0 Å². The Morgan fingerprint density at radius 1 is 0.321 bits per heavy atom. The molecule has 19 heteroatoms. The van der Waals surface area contributed by atoms with Gasteiger partial charge >= 0.3 is 39.5 Å². The van der Waals surface area contributed by atoms with Crippen LogP contribution in [-0.2, 0) is 65.4 Å². The lowest BCUT2D eigenvalue weighted by molar-refractivity contribution is -0.161. The third-order valence-electron chi connectivity index (χ3n) is 15.0. The lowest BCUT2D eigenvalue weighted by atomic mass is 10.0. The number of unbranched alkanes of at least 4 members (excludes halogenated alkanes) is 37. The average Bonchev–Trinajstić information content (AvgIpc) is 3.59. The van der Waals surface area contributed by atoms with Crippen LogP contribution in [-0.4, -0.2) is 96.7 Å². The van der Waals surface area contributed by atoms with Crippen LogP contribution in [0.5, 0.6) is 0 Å². The summed E-state index contributed by atoms with van der Waals surface area (Å²) in [6.07, 6.45) is 43.2. The number of hydrogen-bond donors (Lipinski definition) is 3. The highest BCUT2D eigenvalue weighted by atomic mass is 31.2. The monoisotopic (exact) mass is 1240 g/mol. The van der Waals surface area contributed by atoms with Crippen molar-refractivity contribution in [3.63, 3.8) is 0 Å². The molecule has 5 atom stereocenters. The van der Waals surface area contributed by atoms with E-state index < -0.39 is 97.5 Å². The third kappa shape index (κ3) is 59.0. The van der Waals surface area contributed by atoms with E-state index in [-0.39, 0.29) is 25.7 Å². The first-order valence-electron chi connectivity index (χ1n) is 34.1. The van der Waals surface area contributed by atoms with Crippen molar-refractivity contribution in [3.05, 3.63) is 0 Å². The molecule has 0 radical (unpaired) electrons.